The zero-order chi connectivity index (χ0) is 15.1. The maximum absolute atomic E-state index is 10.4. The van der Waals surface area contributed by atoms with Crippen LogP contribution in [0.2, 0.25) is 0 Å². The minimum atomic E-state index is -0.0324. The molecule has 1 fully saturated rings. The lowest BCUT2D eigenvalue weighted by Gasteiger charge is -2.17. The molecule has 1 heterocycles. The molecule has 2 rings (SSSR count). The Hall–Kier alpha value is -1.65. The van der Waals surface area contributed by atoms with Crippen LogP contribution in [0.3, 0.4) is 0 Å². The van der Waals surface area contributed by atoms with Crippen molar-refractivity contribution in [3.05, 3.63) is 35.4 Å². The molecule has 1 aliphatic heterocycles. The molecular formula is C17H22O4. The maximum Gasteiger partial charge on any atom is 0.126 e. The summed E-state index contributed by atoms with van der Waals surface area (Å²) in [6, 6.07) is 5.93. The second-order valence-corrected chi connectivity index (χ2v) is 5.04. The number of methoxy groups -OCH3 is 1. The molecule has 4 nitrogen and oxygen atoms in total. The van der Waals surface area contributed by atoms with E-state index in [0.717, 1.165) is 36.2 Å². The highest BCUT2D eigenvalue weighted by Crippen LogP contribution is 2.30. The van der Waals surface area contributed by atoms with E-state index >= 15 is 0 Å². The first kappa shape index (κ1) is 15.7. The predicted molar refractivity (Wildman–Crippen MR) is 81.4 cm³/mol. The Balaban J connectivity index is 2.12. The van der Waals surface area contributed by atoms with Gasteiger partial charge in [-0.3, -0.25) is 0 Å². The Morgan fingerprint density at radius 1 is 1.43 bits per heavy atom. The van der Waals surface area contributed by atoms with Crippen LogP contribution in [0, 0.1) is 0 Å². The zero-order valence-electron chi connectivity index (χ0n) is 12.6. The molecule has 1 saturated heterocycles. The van der Waals surface area contributed by atoms with Gasteiger partial charge in [0.15, 0.2) is 0 Å². The van der Waals surface area contributed by atoms with Crippen molar-refractivity contribution in [2.75, 3.05) is 20.3 Å². The number of hydrogen-bond acceptors (Lipinski definition) is 4. The molecule has 21 heavy (non-hydrogen) atoms. The third kappa shape index (κ3) is 4.69. The van der Waals surface area contributed by atoms with Crippen molar-refractivity contribution in [3.63, 3.8) is 0 Å². The molecule has 1 aromatic carbocycles. The number of aldehydes is 1. The van der Waals surface area contributed by atoms with Crippen LogP contribution in [0.25, 0.3) is 6.08 Å². The van der Waals surface area contributed by atoms with Gasteiger partial charge in [-0.2, -0.15) is 0 Å². The van der Waals surface area contributed by atoms with Crippen LogP contribution in [0.15, 0.2) is 24.3 Å². The van der Waals surface area contributed by atoms with E-state index in [4.69, 9.17) is 14.2 Å². The summed E-state index contributed by atoms with van der Waals surface area (Å²) in [7, 11) is 1.66. The zero-order valence-corrected chi connectivity index (χ0v) is 12.6. The molecule has 0 aromatic heterocycles. The van der Waals surface area contributed by atoms with Crippen LogP contribution >= 0.6 is 0 Å². The quantitative estimate of drug-likeness (QED) is 0.398. The third-order valence-electron chi connectivity index (χ3n) is 3.43. The SMILES string of the molecule is COc1cccc([C@@H](C)OC[C@H]2CO2)c1/C=C/CCC=O. The molecule has 1 aliphatic rings. The number of unbranched alkanes of at least 4 members (excludes halogenated alkanes) is 1. The summed E-state index contributed by atoms with van der Waals surface area (Å²) in [5, 5.41) is 0. The average Bonchev–Trinajstić information content (AvgIpc) is 3.33. The monoisotopic (exact) mass is 290 g/mol. The molecule has 1 aromatic rings. The van der Waals surface area contributed by atoms with Crippen LogP contribution in [0.4, 0.5) is 0 Å². The summed E-state index contributed by atoms with van der Waals surface area (Å²) in [6.45, 7) is 3.44. The smallest absolute Gasteiger partial charge is 0.126 e. The lowest BCUT2D eigenvalue weighted by molar-refractivity contribution is -0.107. The summed E-state index contributed by atoms with van der Waals surface area (Å²) in [5.41, 5.74) is 2.09. The van der Waals surface area contributed by atoms with E-state index in [1.807, 2.05) is 37.3 Å². The highest BCUT2D eigenvalue weighted by atomic mass is 16.6. The number of ether oxygens (including phenoxy) is 3. The maximum atomic E-state index is 10.4. The topological polar surface area (TPSA) is 48.1 Å². The van der Waals surface area contributed by atoms with Crippen molar-refractivity contribution < 1.29 is 19.0 Å². The van der Waals surface area contributed by atoms with Crippen LogP contribution in [0.5, 0.6) is 5.75 Å². The van der Waals surface area contributed by atoms with E-state index in [1.165, 1.54) is 0 Å². The van der Waals surface area contributed by atoms with Crippen molar-refractivity contribution in [2.24, 2.45) is 0 Å². The minimum Gasteiger partial charge on any atom is -0.496 e. The van der Waals surface area contributed by atoms with Gasteiger partial charge in [-0.05, 0) is 25.0 Å². The fourth-order valence-electron chi connectivity index (χ4n) is 2.14. The van der Waals surface area contributed by atoms with Crippen molar-refractivity contribution in [3.8, 4) is 5.75 Å². The Morgan fingerprint density at radius 2 is 2.24 bits per heavy atom. The Kier molecular flexibility index (Phi) is 5.96. The van der Waals surface area contributed by atoms with Crippen molar-refractivity contribution in [2.45, 2.75) is 32.0 Å². The minimum absolute atomic E-state index is 0.0324. The van der Waals surface area contributed by atoms with Gasteiger partial charge in [0.1, 0.15) is 18.1 Å². The van der Waals surface area contributed by atoms with Gasteiger partial charge < -0.3 is 19.0 Å². The van der Waals surface area contributed by atoms with Gasteiger partial charge >= 0.3 is 0 Å². The van der Waals surface area contributed by atoms with Gasteiger partial charge in [-0.25, -0.2) is 0 Å². The summed E-state index contributed by atoms with van der Waals surface area (Å²) in [6.07, 6.45) is 6.41. The second-order valence-electron chi connectivity index (χ2n) is 5.04. The van der Waals surface area contributed by atoms with Crippen LogP contribution in [-0.4, -0.2) is 32.7 Å². The van der Waals surface area contributed by atoms with E-state index in [9.17, 15) is 4.79 Å². The Labute approximate surface area is 125 Å². The van der Waals surface area contributed by atoms with Gasteiger partial charge in [0.25, 0.3) is 0 Å². The number of hydrogen-bond donors (Lipinski definition) is 0. The van der Waals surface area contributed by atoms with Gasteiger partial charge in [-0.15, -0.1) is 0 Å². The van der Waals surface area contributed by atoms with Crippen molar-refractivity contribution >= 4 is 12.4 Å². The first-order valence-electron chi connectivity index (χ1n) is 7.26. The van der Waals surface area contributed by atoms with Crippen molar-refractivity contribution in [1.82, 2.24) is 0 Å². The molecule has 0 amide bonds. The number of epoxide rings is 1. The Bertz CT molecular complexity index is 492. The van der Waals surface area contributed by atoms with E-state index in [2.05, 4.69) is 0 Å². The summed E-state index contributed by atoms with van der Waals surface area (Å²) in [5.74, 6) is 0.813. The van der Waals surface area contributed by atoms with E-state index in [0.29, 0.717) is 13.0 Å². The molecule has 0 N–H and O–H groups in total. The molecule has 4 heteroatoms. The molecule has 0 radical (unpaired) electrons. The van der Waals surface area contributed by atoms with Gasteiger partial charge in [0.05, 0.1) is 26.4 Å². The summed E-state index contributed by atoms with van der Waals surface area (Å²) < 4.78 is 16.4. The fraction of sp³-hybridized carbons (Fsp3) is 0.471. The fourth-order valence-corrected chi connectivity index (χ4v) is 2.14. The molecule has 0 saturated carbocycles. The van der Waals surface area contributed by atoms with Gasteiger partial charge in [-0.1, -0.05) is 24.3 Å². The lowest BCUT2D eigenvalue weighted by Crippen LogP contribution is -2.08. The van der Waals surface area contributed by atoms with E-state index < -0.39 is 0 Å². The second kappa shape index (κ2) is 7.96. The molecule has 114 valence electrons. The molecule has 0 spiro atoms. The standard InChI is InChI=1S/C17H22O4/c1-13(20-11-14-12-21-14)15-8-6-9-17(19-2)16(15)7-4-3-5-10-18/h4,6-10,13-14H,3,5,11-12H2,1-2H3/b7-4+/t13-,14+/m1/s1. The normalized spacial score (nSPS) is 18.7. The molecule has 0 aliphatic carbocycles. The lowest BCUT2D eigenvalue weighted by atomic mass is 10.0. The first-order chi connectivity index (χ1) is 10.3. The molecule has 0 bridgehead atoms. The van der Waals surface area contributed by atoms with E-state index in [1.54, 1.807) is 7.11 Å². The average molecular weight is 290 g/mol. The largest absolute Gasteiger partial charge is 0.496 e. The number of carbonyl (C=O) groups excluding carboxylic acids is 1. The third-order valence-corrected chi connectivity index (χ3v) is 3.43. The number of allylic oxidation sites excluding steroid dienone is 1. The molecular weight excluding hydrogens is 268 g/mol. The highest BCUT2D eigenvalue weighted by Gasteiger charge is 2.24. The van der Waals surface area contributed by atoms with Crippen LogP contribution in [-0.2, 0) is 14.3 Å². The number of rotatable bonds is 9. The molecule has 2 atom stereocenters. The van der Waals surface area contributed by atoms with E-state index in [-0.39, 0.29) is 12.2 Å². The molecule has 0 unspecified atom stereocenters. The van der Waals surface area contributed by atoms with Gasteiger partial charge in [0.2, 0.25) is 0 Å². The van der Waals surface area contributed by atoms with Gasteiger partial charge in [0, 0.05) is 12.0 Å². The van der Waals surface area contributed by atoms with Crippen LogP contribution < -0.4 is 4.74 Å². The number of benzene rings is 1. The highest BCUT2D eigenvalue weighted by molar-refractivity contribution is 5.62. The Morgan fingerprint density at radius 3 is 2.90 bits per heavy atom. The number of carbonyl (C=O) groups is 1. The predicted octanol–water partition coefficient (Wildman–Crippen LogP) is 3.16. The first-order valence-corrected chi connectivity index (χ1v) is 7.26. The van der Waals surface area contributed by atoms with Crippen LogP contribution in [0.1, 0.15) is 37.0 Å². The summed E-state index contributed by atoms with van der Waals surface area (Å²) >= 11 is 0. The van der Waals surface area contributed by atoms with Crippen molar-refractivity contribution in [1.29, 1.82) is 0 Å². The summed E-state index contributed by atoms with van der Waals surface area (Å²) in [4.78, 5) is 10.4.